The third-order valence-electron chi connectivity index (χ3n) is 3.28. The number of nitrogens with zero attached hydrogens (tertiary/aromatic N) is 3. The molecule has 9 heteroatoms. The Labute approximate surface area is 128 Å². The quantitative estimate of drug-likeness (QED) is 0.287. The predicted molar refractivity (Wildman–Crippen MR) is 77.4 cm³/mol. The fraction of sp³-hybridized carbons (Fsp3) is 0.692. The minimum atomic E-state index is -0.956. The summed E-state index contributed by atoms with van der Waals surface area (Å²) in [6, 6.07) is -1.21. The van der Waals surface area contributed by atoms with Gasteiger partial charge < -0.3 is 24.6 Å². The van der Waals surface area contributed by atoms with E-state index in [9.17, 15) is 9.90 Å². The van der Waals surface area contributed by atoms with Crippen LogP contribution >= 0.6 is 0 Å². The number of azide groups is 1. The second-order valence-electron chi connectivity index (χ2n) is 4.73. The monoisotopic (exact) mass is 312 g/mol. The minimum absolute atomic E-state index is 0.0452. The van der Waals surface area contributed by atoms with Gasteiger partial charge >= 0.3 is 0 Å². The molecule has 0 saturated carbocycles. The number of hydrogen-bond acceptors (Lipinski definition) is 7. The Balaban J connectivity index is 3.12. The molecule has 0 bridgehead atoms. The molecule has 1 rings (SSSR count). The van der Waals surface area contributed by atoms with Gasteiger partial charge in [0.05, 0.1) is 30.6 Å². The van der Waals surface area contributed by atoms with Crippen molar-refractivity contribution in [2.75, 3.05) is 20.8 Å². The van der Waals surface area contributed by atoms with Crippen molar-refractivity contribution in [3.05, 3.63) is 28.5 Å². The van der Waals surface area contributed by atoms with Crippen LogP contribution in [0.4, 0.5) is 0 Å². The van der Waals surface area contributed by atoms with Crippen LogP contribution in [0.3, 0.4) is 0 Å². The SMILES string of the molecule is COCC(O)C(OC)C1OC(C)=CC(N=[N+]=[N-])C1NC=C=O. The van der Waals surface area contributed by atoms with Crippen LogP contribution in [0, 0.1) is 0 Å². The van der Waals surface area contributed by atoms with Gasteiger partial charge in [0, 0.05) is 19.1 Å². The maximum absolute atomic E-state index is 10.5. The molecular weight excluding hydrogens is 292 g/mol. The zero-order valence-electron chi connectivity index (χ0n) is 12.7. The maximum atomic E-state index is 10.5. The molecule has 1 aliphatic heterocycles. The molecule has 122 valence electrons. The first-order valence-electron chi connectivity index (χ1n) is 6.63. The molecule has 22 heavy (non-hydrogen) atoms. The molecule has 0 aromatic rings. The number of carbonyl (C=O) groups excluding carboxylic acids is 1. The highest BCUT2D eigenvalue weighted by Crippen LogP contribution is 2.25. The Hall–Kier alpha value is -2.02. The van der Waals surface area contributed by atoms with Gasteiger partial charge in [0.25, 0.3) is 0 Å². The van der Waals surface area contributed by atoms with Gasteiger partial charge in [-0.3, -0.25) is 0 Å². The van der Waals surface area contributed by atoms with Crippen molar-refractivity contribution in [2.24, 2.45) is 5.11 Å². The van der Waals surface area contributed by atoms with Crippen molar-refractivity contribution in [2.45, 2.75) is 37.3 Å². The van der Waals surface area contributed by atoms with Crippen molar-refractivity contribution in [1.29, 1.82) is 0 Å². The molecule has 0 fully saturated rings. The fourth-order valence-electron chi connectivity index (χ4n) is 2.40. The fourth-order valence-corrected chi connectivity index (χ4v) is 2.40. The summed E-state index contributed by atoms with van der Waals surface area (Å²) in [7, 11) is 2.88. The Morgan fingerprint density at radius 2 is 2.41 bits per heavy atom. The average molecular weight is 312 g/mol. The highest BCUT2D eigenvalue weighted by atomic mass is 16.6. The molecule has 5 atom stereocenters. The molecule has 0 radical (unpaired) electrons. The number of aliphatic hydroxyl groups excluding tert-OH is 1. The standard InChI is InChI=1S/C13H20N4O5/c1-8-6-9(16-17-14)11(15-4-5-18)13(22-8)12(21-3)10(19)7-20-2/h4,6,9-13,15,19H,7H2,1-3H3. The number of nitrogens with one attached hydrogen (secondary N) is 1. The Bertz CT molecular complexity index is 485. The summed E-state index contributed by atoms with van der Waals surface area (Å²) in [5.74, 6) is 2.13. The summed E-state index contributed by atoms with van der Waals surface area (Å²) >= 11 is 0. The third-order valence-corrected chi connectivity index (χ3v) is 3.28. The highest BCUT2D eigenvalue weighted by Gasteiger charge is 2.41. The molecule has 1 aliphatic rings. The summed E-state index contributed by atoms with van der Waals surface area (Å²) < 4.78 is 16.0. The number of methoxy groups -OCH3 is 2. The van der Waals surface area contributed by atoms with E-state index in [2.05, 4.69) is 15.3 Å². The molecule has 0 aromatic heterocycles. The lowest BCUT2D eigenvalue weighted by atomic mass is 9.92. The number of hydrogen-bond donors (Lipinski definition) is 2. The lowest BCUT2D eigenvalue weighted by Gasteiger charge is -2.40. The van der Waals surface area contributed by atoms with Crippen LogP contribution < -0.4 is 5.32 Å². The molecule has 2 N–H and O–H groups in total. The third kappa shape index (κ3) is 4.49. The minimum Gasteiger partial charge on any atom is -0.490 e. The van der Waals surface area contributed by atoms with Gasteiger partial charge in [0.1, 0.15) is 24.3 Å². The predicted octanol–water partition coefficient (Wildman–Crippen LogP) is 0.294. The molecule has 0 saturated heterocycles. The van der Waals surface area contributed by atoms with Crippen LogP contribution in [0.25, 0.3) is 10.4 Å². The van der Waals surface area contributed by atoms with Gasteiger partial charge in [-0.05, 0) is 18.5 Å². The summed E-state index contributed by atoms with van der Waals surface area (Å²) in [6.07, 6.45) is 0.284. The summed E-state index contributed by atoms with van der Waals surface area (Å²) in [6.45, 7) is 1.75. The Morgan fingerprint density at radius 1 is 1.68 bits per heavy atom. The first-order valence-corrected chi connectivity index (χ1v) is 6.63. The van der Waals surface area contributed by atoms with E-state index < -0.39 is 30.4 Å². The van der Waals surface area contributed by atoms with E-state index in [0.29, 0.717) is 5.76 Å². The van der Waals surface area contributed by atoms with Crippen molar-refractivity contribution in [3.63, 3.8) is 0 Å². The molecule has 9 nitrogen and oxygen atoms in total. The molecule has 5 unspecified atom stereocenters. The summed E-state index contributed by atoms with van der Waals surface area (Å²) in [5.41, 5.74) is 8.70. The number of allylic oxidation sites excluding steroid dienone is 1. The normalized spacial score (nSPS) is 26.5. The largest absolute Gasteiger partial charge is 0.490 e. The first kappa shape index (κ1) is 18.0. The summed E-state index contributed by atoms with van der Waals surface area (Å²) in [5, 5.41) is 16.6. The number of rotatable bonds is 8. The molecule has 0 aromatic carbocycles. The number of ether oxygens (including phenoxy) is 3. The molecule has 0 amide bonds. The van der Waals surface area contributed by atoms with Crippen LogP contribution in [-0.4, -0.2) is 62.3 Å². The van der Waals surface area contributed by atoms with Crippen LogP contribution in [0.1, 0.15) is 6.92 Å². The second kappa shape index (κ2) is 9.09. The lowest BCUT2D eigenvalue weighted by Crippen LogP contribution is -2.57. The van der Waals surface area contributed by atoms with Crippen LogP contribution in [0.15, 0.2) is 23.1 Å². The van der Waals surface area contributed by atoms with Gasteiger partial charge in [-0.2, -0.15) is 0 Å². The van der Waals surface area contributed by atoms with E-state index in [0.717, 1.165) is 6.20 Å². The van der Waals surface area contributed by atoms with Crippen LogP contribution in [-0.2, 0) is 19.0 Å². The summed E-state index contributed by atoms with van der Waals surface area (Å²) in [4.78, 5) is 13.3. The van der Waals surface area contributed by atoms with Crippen molar-refractivity contribution < 1.29 is 24.1 Å². The molecule has 0 aliphatic carbocycles. The van der Waals surface area contributed by atoms with Crippen LogP contribution in [0.5, 0.6) is 0 Å². The van der Waals surface area contributed by atoms with E-state index in [-0.39, 0.29) is 6.61 Å². The van der Waals surface area contributed by atoms with Gasteiger partial charge in [-0.15, -0.1) is 0 Å². The van der Waals surface area contributed by atoms with E-state index in [1.807, 2.05) is 0 Å². The molecule has 1 heterocycles. The smallest absolute Gasteiger partial charge is 0.147 e. The van der Waals surface area contributed by atoms with Gasteiger partial charge in [-0.1, -0.05) is 5.11 Å². The average Bonchev–Trinajstić information content (AvgIpc) is 2.47. The Morgan fingerprint density at radius 3 is 2.95 bits per heavy atom. The second-order valence-corrected chi connectivity index (χ2v) is 4.73. The lowest BCUT2D eigenvalue weighted by molar-refractivity contribution is -0.121. The maximum Gasteiger partial charge on any atom is 0.147 e. The molecule has 0 spiro atoms. The van der Waals surface area contributed by atoms with Crippen molar-refractivity contribution in [1.82, 2.24) is 5.32 Å². The van der Waals surface area contributed by atoms with Crippen LogP contribution in [0.2, 0.25) is 0 Å². The Kier molecular flexibility index (Phi) is 7.45. The zero-order valence-corrected chi connectivity index (χ0v) is 12.7. The zero-order chi connectivity index (χ0) is 16.5. The first-order chi connectivity index (χ1) is 10.6. The van der Waals surface area contributed by atoms with Crippen molar-refractivity contribution >= 4 is 5.94 Å². The van der Waals surface area contributed by atoms with E-state index in [4.69, 9.17) is 19.7 Å². The van der Waals surface area contributed by atoms with Gasteiger partial charge in [0.15, 0.2) is 0 Å². The van der Waals surface area contributed by atoms with Gasteiger partial charge in [-0.25, -0.2) is 4.79 Å². The van der Waals surface area contributed by atoms with E-state index in [1.165, 1.54) is 14.2 Å². The van der Waals surface area contributed by atoms with E-state index >= 15 is 0 Å². The topological polar surface area (TPSA) is 126 Å². The number of aliphatic hydroxyl groups is 1. The van der Waals surface area contributed by atoms with Gasteiger partial charge in [0.2, 0.25) is 0 Å². The molecular formula is C13H20N4O5. The van der Waals surface area contributed by atoms with E-state index in [1.54, 1.807) is 18.9 Å². The van der Waals surface area contributed by atoms with Crippen molar-refractivity contribution in [3.8, 4) is 0 Å². The highest BCUT2D eigenvalue weighted by molar-refractivity contribution is 5.44.